The first kappa shape index (κ1) is 30.7. The largest absolute Gasteiger partial charge is 0.573 e. The number of allylic oxidation sites excluding steroid dienone is 1. The second-order valence-corrected chi connectivity index (χ2v) is 7.41. The van der Waals surface area contributed by atoms with Crippen molar-refractivity contribution >= 4 is 69.5 Å². The lowest BCUT2D eigenvalue weighted by Crippen LogP contribution is -2.17. The highest BCUT2D eigenvalue weighted by molar-refractivity contribution is 6.66. The molecule has 0 aliphatic rings. The molecule has 0 spiro atoms. The summed E-state index contributed by atoms with van der Waals surface area (Å²) in [5, 5.41) is 7.01. The van der Waals surface area contributed by atoms with Crippen molar-refractivity contribution in [3.05, 3.63) is 57.6 Å². The third-order valence-corrected chi connectivity index (χ3v) is 4.24. The summed E-state index contributed by atoms with van der Waals surface area (Å²) in [6, 6.07) is 4.00. The van der Waals surface area contributed by atoms with Crippen molar-refractivity contribution in [2.45, 2.75) is 12.7 Å². The number of hydrogen-bond donors (Lipinski definition) is 3. The molecule has 0 fully saturated rings. The molecule has 0 heterocycles. The minimum absolute atomic E-state index is 0.0343. The van der Waals surface area contributed by atoms with Gasteiger partial charge in [0, 0.05) is 28.6 Å². The van der Waals surface area contributed by atoms with E-state index < -0.39 is 35.4 Å². The maximum absolute atomic E-state index is 12.1. The summed E-state index contributed by atoms with van der Waals surface area (Å²) in [5.74, 6) is -2.52. The van der Waals surface area contributed by atoms with E-state index >= 15 is 0 Å². The van der Waals surface area contributed by atoms with Gasteiger partial charge in [-0.1, -0.05) is 23.2 Å². The van der Waals surface area contributed by atoms with E-state index in [-0.39, 0.29) is 32.5 Å². The number of carboxylic acid groups (broad SMARTS) is 1. The second-order valence-electron chi connectivity index (χ2n) is 6.23. The summed E-state index contributed by atoms with van der Waals surface area (Å²) >= 11 is 16.1. The van der Waals surface area contributed by atoms with Crippen LogP contribution in [0.4, 0.5) is 37.7 Å². The number of aliphatic carboxylic acids is 1. The molecule has 2 aromatic carbocycles. The summed E-state index contributed by atoms with van der Waals surface area (Å²) in [4.78, 5) is 20.8. The first-order chi connectivity index (χ1) is 16.4. The fourth-order valence-corrected chi connectivity index (χ4v) is 2.66. The molecule has 0 saturated carbocycles. The van der Waals surface area contributed by atoms with E-state index in [1.54, 1.807) is 0 Å². The van der Waals surface area contributed by atoms with Crippen LogP contribution < -0.4 is 20.9 Å². The van der Waals surface area contributed by atoms with Crippen LogP contribution in [0.5, 0.6) is 11.5 Å². The maximum atomic E-state index is 12.1. The maximum Gasteiger partial charge on any atom is 0.573 e. The molecular formula is C20H13Cl3F6N2O5. The number of ether oxygens (including phenoxy) is 2. The Kier molecular flexibility index (Phi) is 10.8. The van der Waals surface area contributed by atoms with E-state index in [9.17, 15) is 35.9 Å². The van der Waals surface area contributed by atoms with Gasteiger partial charge in [-0.05, 0) is 54.1 Å². The van der Waals surface area contributed by atoms with Gasteiger partial charge in [-0.3, -0.25) is 4.79 Å². The Morgan fingerprint density at radius 2 is 1.14 bits per heavy atom. The fraction of sp³-hybridized carbons (Fsp3) is 0.100. The fourth-order valence-electron chi connectivity index (χ4n) is 2.18. The smallest absolute Gasteiger partial charge is 0.478 e. The van der Waals surface area contributed by atoms with Crippen molar-refractivity contribution in [3.8, 4) is 11.5 Å². The highest BCUT2D eigenvalue weighted by atomic mass is 35.5. The van der Waals surface area contributed by atoms with Crippen LogP contribution in [0, 0.1) is 0 Å². The Bertz CT molecular complexity index is 1090. The van der Waals surface area contributed by atoms with Crippen LogP contribution >= 0.6 is 34.8 Å². The molecule has 7 nitrogen and oxygen atoms in total. The first-order valence-corrected chi connectivity index (χ1v) is 9.99. The molecule has 0 unspecified atom stereocenters. The zero-order valence-electron chi connectivity index (χ0n) is 17.3. The van der Waals surface area contributed by atoms with Gasteiger partial charge < -0.3 is 26.0 Å². The Hall–Kier alpha value is -3.29. The highest BCUT2D eigenvalue weighted by Crippen LogP contribution is 2.35. The summed E-state index contributed by atoms with van der Waals surface area (Å²) in [5.41, 5.74) is 11.3. The molecule has 0 aliphatic heterocycles. The number of carbonyl (C=O) groups excluding carboxylic acids is 1. The molecule has 0 aliphatic carbocycles. The third kappa shape index (κ3) is 11.4. The zero-order chi connectivity index (χ0) is 27.8. The predicted molar refractivity (Wildman–Crippen MR) is 122 cm³/mol. The SMILES string of the molecule is Nc1cc(Cl)c(OC(F)(F)F)cc1/C=C/C(=O)Cl.Nc1cc(Cl)c(OC(F)(F)F)cc1/C=C/C(=O)O. The van der Waals surface area contributed by atoms with E-state index in [2.05, 4.69) is 9.47 Å². The Morgan fingerprint density at radius 3 is 1.44 bits per heavy atom. The van der Waals surface area contributed by atoms with Gasteiger partial charge in [0.15, 0.2) is 0 Å². The molecule has 5 N–H and O–H groups in total. The second kappa shape index (κ2) is 12.6. The van der Waals surface area contributed by atoms with Gasteiger partial charge in [-0.25, -0.2) is 4.79 Å². The summed E-state index contributed by atoms with van der Waals surface area (Å²) in [6.45, 7) is 0. The molecule has 0 bridgehead atoms. The predicted octanol–water partition coefficient (Wildman–Crippen LogP) is 6.52. The number of anilines is 2. The van der Waals surface area contributed by atoms with E-state index in [1.807, 2.05) is 0 Å². The average Bonchev–Trinajstić information content (AvgIpc) is 2.68. The quantitative estimate of drug-likeness (QED) is 0.154. The Labute approximate surface area is 213 Å². The van der Waals surface area contributed by atoms with Crippen LogP contribution in [0.2, 0.25) is 10.0 Å². The van der Waals surface area contributed by atoms with Crippen LogP contribution in [0.25, 0.3) is 12.2 Å². The first-order valence-electron chi connectivity index (χ1n) is 8.86. The van der Waals surface area contributed by atoms with Crippen molar-refractivity contribution in [3.63, 3.8) is 0 Å². The van der Waals surface area contributed by atoms with Crippen LogP contribution in [-0.4, -0.2) is 29.0 Å². The van der Waals surface area contributed by atoms with Gasteiger partial charge in [0.25, 0.3) is 0 Å². The highest BCUT2D eigenvalue weighted by Gasteiger charge is 2.33. The van der Waals surface area contributed by atoms with E-state index in [1.165, 1.54) is 0 Å². The van der Waals surface area contributed by atoms with Crippen LogP contribution in [0.15, 0.2) is 36.4 Å². The van der Waals surface area contributed by atoms with Gasteiger partial charge >= 0.3 is 18.7 Å². The lowest BCUT2D eigenvalue weighted by molar-refractivity contribution is -0.275. The Balaban J connectivity index is 0.000000360. The van der Waals surface area contributed by atoms with Gasteiger partial charge in [0.2, 0.25) is 5.24 Å². The van der Waals surface area contributed by atoms with E-state index in [0.29, 0.717) is 0 Å². The normalized spacial score (nSPS) is 11.8. The standard InChI is InChI=1S/C10H6Cl2F3NO2.C10H7ClF3NO3/c11-6-4-7(16)5(1-2-9(12)17)3-8(6)18-10(13,14)15;11-6-4-7(15)5(1-2-9(16)17)3-8(6)18-10(12,13)14/h1-4H,16H2;1-4H,15H2,(H,16,17)/b2*2-1+. The van der Waals surface area contributed by atoms with Crippen LogP contribution in [-0.2, 0) is 9.59 Å². The minimum atomic E-state index is -4.90. The van der Waals surface area contributed by atoms with Crippen molar-refractivity contribution in [1.82, 2.24) is 0 Å². The number of nitrogens with two attached hydrogens (primary N) is 2. The van der Waals surface area contributed by atoms with Gasteiger partial charge in [-0.15, -0.1) is 26.3 Å². The number of rotatable bonds is 6. The molecule has 0 radical (unpaired) electrons. The van der Waals surface area contributed by atoms with Gasteiger partial charge in [-0.2, -0.15) is 0 Å². The average molecular weight is 582 g/mol. The lowest BCUT2D eigenvalue weighted by Gasteiger charge is -2.12. The molecule has 0 aromatic heterocycles. The number of alkyl halides is 6. The lowest BCUT2D eigenvalue weighted by atomic mass is 10.1. The van der Waals surface area contributed by atoms with Crippen molar-refractivity contribution in [1.29, 1.82) is 0 Å². The number of nitrogen functional groups attached to an aromatic ring is 2. The van der Waals surface area contributed by atoms with Gasteiger partial charge in [0.1, 0.15) is 11.5 Å². The number of halogens is 9. The topological polar surface area (TPSA) is 125 Å². The van der Waals surface area contributed by atoms with Gasteiger partial charge in [0.05, 0.1) is 10.0 Å². The molecule has 0 atom stereocenters. The molecule has 2 rings (SSSR count). The zero-order valence-corrected chi connectivity index (χ0v) is 19.5. The van der Waals surface area contributed by atoms with E-state index in [4.69, 9.17) is 51.4 Å². The summed E-state index contributed by atoms with van der Waals surface area (Å²) in [7, 11) is 0. The molecule has 36 heavy (non-hydrogen) atoms. The van der Waals surface area contributed by atoms with Crippen molar-refractivity contribution in [2.75, 3.05) is 11.5 Å². The Morgan fingerprint density at radius 1 is 0.778 bits per heavy atom. The molecule has 196 valence electrons. The summed E-state index contributed by atoms with van der Waals surface area (Å²) in [6.07, 6.45) is -5.90. The van der Waals surface area contributed by atoms with Crippen molar-refractivity contribution < 1.29 is 50.5 Å². The molecule has 2 aromatic rings. The third-order valence-electron chi connectivity index (χ3n) is 3.53. The number of benzene rings is 2. The number of hydrogen-bond acceptors (Lipinski definition) is 6. The molecule has 0 saturated heterocycles. The minimum Gasteiger partial charge on any atom is -0.478 e. The van der Waals surface area contributed by atoms with E-state index in [0.717, 1.165) is 48.6 Å². The van der Waals surface area contributed by atoms with Crippen LogP contribution in [0.3, 0.4) is 0 Å². The number of carbonyl (C=O) groups is 2. The molecular weight excluding hydrogens is 569 g/mol. The summed E-state index contributed by atoms with van der Waals surface area (Å²) < 4.78 is 79.7. The number of carboxylic acids is 1. The van der Waals surface area contributed by atoms with Crippen LogP contribution in [0.1, 0.15) is 11.1 Å². The molecule has 0 amide bonds. The molecule has 16 heteroatoms. The monoisotopic (exact) mass is 580 g/mol. The van der Waals surface area contributed by atoms with Crippen molar-refractivity contribution in [2.24, 2.45) is 0 Å².